The van der Waals surface area contributed by atoms with Crippen molar-refractivity contribution in [3.8, 4) is 22.5 Å². The molecule has 0 aromatic carbocycles. The van der Waals surface area contributed by atoms with Gasteiger partial charge in [0, 0.05) is 58.4 Å². The van der Waals surface area contributed by atoms with E-state index < -0.39 is 5.82 Å². The quantitative estimate of drug-likeness (QED) is 0.304. The molecule has 3 saturated carbocycles. The van der Waals surface area contributed by atoms with Gasteiger partial charge in [0.1, 0.15) is 17.1 Å². The van der Waals surface area contributed by atoms with Crippen LogP contribution in [0.3, 0.4) is 0 Å². The maximum absolute atomic E-state index is 14.1. The monoisotopic (exact) mass is 510 g/mol. The molecule has 38 heavy (non-hydrogen) atoms. The van der Waals surface area contributed by atoms with Gasteiger partial charge in [-0.2, -0.15) is 0 Å². The van der Waals surface area contributed by atoms with Gasteiger partial charge in [0.05, 0.1) is 24.8 Å². The molecule has 1 N–H and O–H groups in total. The molecule has 0 unspecified atom stereocenters. The molecule has 9 heteroatoms. The van der Waals surface area contributed by atoms with Gasteiger partial charge in [-0.25, -0.2) is 19.3 Å². The standard InChI is InChI=1S/C29H27FN6O2/c1-2-38-29(37)24-16-5-7-17(8-6-16)25(24)36-15-23(18-4-3-9-31-11-18)22-14-34-27(35-28(22)36)21-13-33-26-20(21)10-19(30)12-32-26/h3-4,9-17,24-25H,2,5-8H2,1H3,(H,32,33)/t16?,17?,24-,25-/m1/s1. The average Bonchev–Trinajstić information content (AvgIpc) is 3.55. The fourth-order valence-electron chi connectivity index (χ4n) is 6.69. The molecule has 0 spiro atoms. The number of aromatic nitrogens is 6. The average molecular weight is 511 g/mol. The van der Waals surface area contributed by atoms with Crippen LogP contribution < -0.4 is 0 Å². The second kappa shape index (κ2) is 9.01. The van der Waals surface area contributed by atoms with E-state index in [0.717, 1.165) is 47.8 Å². The molecule has 3 aliphatic rings. The molecule has 0 radical (unpaired) electrons. The number of fused-ring (bicyclic) bond motifs is 5. The molecular weight excluding hydrogens is 483 g/mol. The van der Waals surface area contributed by atoms with E-state index in [1.807, 2.05) is 31.5 Å². The highest BCUT2D eigenvalue weighted by Gasteiger charge is 2.49. The molecule has 5 aromatic rings. The zero-order valence-electron chi connectivity index (χ0n) is 21.0. The molecule has 192 valence electrons. The van der Waals surface area contributed by atoms with E-state index in [-0.39, 0.29) is 17.9 Å². The highest BCUT2D eigenvalue weighted by molar-refractivity contribution is 5.96. The molecule has 3 fully saturated rings. The summed E-state index contributed by atoms with van der Waals surface area (Å²) < 4.78 is 21.8. The van der Waals surface area contributed by atoms with Crippen LogP contribution in [0.2, 0.25) is 0 Å². The number of carbonyl (C=O) groups excluding carboxylic acids is 1. The topological polar surface area (TPSA) is 98.6 Å². The molecule has 5 heterocycles. The van der Waals surface area contributed by atoms with E-state index in [0.29, 0.717) is 40.9 Å². The van der Waals surface area contributed by atoms with Crippen LogP contribution in [-0.4, -0.2) is 42.1 Å². The molecule has 2 bridgehead atoms. The van der Waals surface area contributed by atoms with Crippen LogP contribution in [0.1, 0.15) is 38.6 Å². The fourth-order valence-corrected chi connectivity index (χ4v) is 6.69. The Morgan fingerprint density at radius 2 is 1.95 bits per heavy atom. The third-order valence-electron chi connectivity index (χ3n) is 8.34. The number of H-pyrrole nitrogens is 1. The van der Waals surface area contributed by atoms with Crippen LogP contribution in [0.15, 0.2) is 55.4 Å². The second-order valence-corrected chi connectivity index (χ2v) is 10.3. The number of carbonyl (C=O) groups is 1. The number of hydrogen-bond acceptors (Lipinski definition) is 6. The predicted molar refractivity (Wildman–Crippen MR) is 140 cm³/mol. The highest BCUT2D eigenvalue weighted by Crippen LogP contribution is 2.53. The minimum atomic E-state index is -0.419. The summed E-state index contributed by atoms with van der Waals surface area (Å²) in [5, 5.41) is 1.51. The minimum absolute atomic E-state index is 0.0562. The van der Waals surface area contributed by atoms with Gasteiger partial charge in [-0.3, -0.25) is 9.78 Å². The van der Waals surface area contributed by atoms with Crippen LogP contribution in [0.5, 0.6) is 0 Å². The molecule has 8 rings (SSSR count). The Kier molecular flexibility index (Phi) is 5.45. The Morgan fingerprint density at radius 3 is 2.74 bits per heavy atom. The highest BCUT2D eigenvalue weighted by atomic mass is 19.1. The summed E-state index contributed by atoms with van der Waals surface area (Å²) in [5.41, 5.74) is 3.93. The van der Waals surface area contributed by atoms with Crippen molar-refractivity contribution in [1.29, 1.82) is 0 Å². The number of pyridine rings is 2. The number of nitrogens with one attached hydrogen (secondary N) is 1. The Morgan fingerprint density at radius 1 is 1.11 bits per heavy atom. The number of rotatable bonds is 5. The molecule has 3 aliphatic carbocycles. The van der Waals surface area contributed by atoms with E-state index in [4.69, 9.17) is 14.7 Å². The summed E-state index contributed by atoms with van der Waals surface area (Å²) >= 11 is 0. The number of halogens is 1. The van der Waals surface area contributed by atoms with E-state index in [2.05, 4.69) is 25.7 Å². The molecule has 0 saturated heterocycles. The Balaban J connectivity index is 1.45. The zero-order valence-corrected chi connectivity index (χ0v) is 21.0. The van der Waals surface area contributed by atoms with Crippen molar-refractivity contribution in [1.82, 2.24) is 29.5 Å². The number of esters is 1. The summed E-state index contributed by atoms with van der Waals surface area (Å²) in [4.78, 5) is 34.6. The third-order valence-corrected chi connectivity index (χ3v) is 8.34. The van der Waals surface area contributed by atoms with Crippen molar-refractivity contribution < 1.29 is 13.9 Å². The van der Waals surface area contributed by atoms with Crippen molar-refractivity contribution in [2.75, 3.05) is 6.61 Å². The third kappa shape index (κ3) is 3.60. The largest absolute Gasteiger partial charge is 0.466 e. The number of aromatic amines is 1. The van der Waals surface area contributed by atoms with Gasteiger partial charge in [0.15, 0.2) is 5.82 Å². The maximum Gasteiger partial charge on any atom is 0.311 e. The smallest absolute Gasteiger partial charge is 0.311 e. The number of ether oxygens (including phenoxy) is 1. The van der Waals surface area contributed by atoms with Crippen LogP contribution >= 0.6 is 0 Å². The summed E-state index contributed by atoms with van der Waals surface area (Å²) in [6, 6.07) is 5.31. The van der Waals surface area contributed by atoms with Crippen LogP contribution in [0, 0.1) is 23.6 Å². The molecule has 8 nitrogen and oxygen atoms in total. The number of nitrogens with zero attached hydrogens (tertiary/aromatic N) is 5. The van der Waals surface area contributed by atoms with E-state index in [1.165, 1.54) is 12.3 Å². The van der Waals surface area contributed by atoms with Gasteiger partial charge < -0.3 is 14.3 Å². The lowest BCUT2D eigenvalue weighted by Crippen LogP contribution is -2.45. The van der Waals surface area contributed by atoms with Crippen LogP contribution in [0.4, 0.5) is 4.39 Å². The Labute approximate surface area is 218 Å². The lowest BCUT2D eigenvalue weighted by Gasteiger charge is -2.47. The molecular formula is C29H27FN6O2. The number of hydrogen-bond donors (Lipinski definition) is 1. The first-order chi connectivity index (χ1) is 18.6. The predicted octanol–water partition coefficient (Wildman–Crippen LogP) is 5.72. The van der Waals surface area contributed by atoms with Gasteiger partial charge in [0.25, 0.3) is 0 Å². The van der Waals surface area contributed by atoms with Crippen molar-refractivity contribution in [2.24, 2.45) is 17.8 Å². The SMILES string of the molecule is CCOC(=O)[C@@H]1C2CCC(CC2)[C@H]1n1cc(-c2cccnc2)c2cnc(-c3c[nH]c4ncc(F)cc34)nc21. The minimum Gasteiger partial charge on any atom is -0.466 e. The van der Waals surface area contributed by atoms with E-state index in [1.54, 1.807) is 12.4 Å². The Hall–Kier alpha value is -4.14. The molecule has 2 atom stereocenters. The first-order valence-corrected chi connectivity index (χ1v) is 13.2. The second-order valence-electron chi connectivity index (χ2n) is 10.3. The van der Waals surface area contributed by atoms with Crippen LogP contribution in [-0.2, 0) is 9.53 Å². The summed E-state index contributed by atoms with van der Waals surface area (Å²) in [5.74, 6) is 0.372. The molecule has 0 aliphatic heterocycles. The molecule has 0 amide bonds. The van der Waals surface area contributed by atoms with Crippen molar-refractivity contribution in [3.05, 3.63) is 61.2 Å². The van der Waals surface area contributed by atoms with Crippen molar-refractivity contribution in [3.63, 3.8) is 0 Å². The van der Waals surface area contributed by atoms with Crippen LogP contribution in [0.25, 0.3) is 44.6 Å². The summed E-state index contributed by atoms with van der Waals surface area (Å²) in [6.07, 6.45) is 14.7. The first kappa shape index (κ1) is 23.0. The normalized spacial score (nSPS) is 22.8. The van der Waals surface area contributed by atoms with E-state index >= 15 is 0 Å². The van der Waals surface area contributed by atoms with Gasteiger partial charge >= 0.3 is 5.97 Å². The van der Waals surface area contributed by atoms with Gasteiger partial charge in [-0.15, -0.1) is 0 Å². The van der Waals surface area contributed by atoms with Crippen molar-refractivity contribution >= 4 is 28.0 Å². The van der Waals surface area contributed by atoms with Gasteiger partial charge in [-0.1, -0.05) is 6.07 Å². The Bertz CT molecular complexity index is 1650. The van der Waals surface area contributed by atoms with Gasteiger partial charge in [-0.05, 0) is 56.6 Å². The van der Waals surface area contributed by atoms with Gasteiger partial charge in [0.2, 0.25) is 0 Å². The lowest BCUT2D eigenvalue weighted by atomic mass is 9.61. The molecule has 5 aromatic heterocycles. The first-order valence-electron chi connectivity index (χ1n) is 13.2. The fraction of sp³-hybridized carbons (Fsp3) is 0.345. The maximum atomic E-state index is 14.1. The van der Waals surface area contributed by atoms with E-state index in [9.17, 15) is 9.18 Å². The lowest BCUT2D eigenvalue weighted by molar-refractivity contribution is -0.157. The van der Waals surface area contributed by atoms with Crippen molar-refractivity contribution in [2.45, 2.75) is 38.6 Å². The summed E-state index contributed by atoms with van der Waals surface area (Å²) in [7, 11) is 0. The summed E-state index contributed by atoms with van der Waals surface area (Å²) in [6.45, 7) is 2.22. The zero-order chi connectivity index (χ0) is 25.8.